The molecule has 2 N–H and O–H groups in total. The summed E-state index contributed by atoms with van der Waals surface area (Å²) in [7, 11) is 0. The summed E-state index contributed by atoms with van der Waals surface area (Å²) in [6, 6.07) is 0. The number of hydrogen-bond acceptors (Lipinski definition) is 3. The predicted molar refractivity (Wildman–Crippen MR) is 56.8 cm³/mol. The average Bonchev–Trinajstić information content (AvgIpc) is 3.01. The molecule has 0 bridgehead atoms. The van der Waals surface area contributed by atoms with E-state index in [-0.39, 0.29) is 11.0 Å². The van der Waals surface area contributed by atoms with Crippen molar-refractivity contribution in [2.75, 3.05) is 0 Å². The van der Waals surface area contributed by atoms with Crippen molar-refractivity contribution in [3.63, 3.8) is 0 Å². The van der Waals surface area contributed by atoms with E-state index >= 15 is 0 Å². The van der Waals surface area contributed by atoms with E-state index in [2.05, 4.69) is 25.9 Å². The fourth-order valence-electron chi connectivity index (χ4n) is 2.24. The third-order valence-corrected chi connectivity index (χ3v) is 3.95. The van der Waals surface area contributed by atoms with E-state index in [1.807, 2.05) is 12.4 Å². The highest BCUT2D eigenvalue weighted by molar-refractivity contribution is 9.10. The highest BCUT2D eigenvalue weighted by Gasteiger charge is 2.65. The van der Waals surface area contributed by atoms with Gasteiger partial charge in [-0.1, -0.05) is 0 Å². The normalized spacial score (nSPS) is 25.9. The second kappa shape index (κ2) is 2.55. The molecule has 2 aliphatic rings. The number of halogens is 1. The first-order valence-electron chi connectivity index (χ1n) is 4.93. The van der Waals surface area contributed by atoms with Crippen LogP contribution in [0.25, 0.3) is 0 Å². The van der Waals surface area contributed by atoms with Crippen LogP contribution in [0.2, 0.25) is 0 Å². The molecule has 3 rings (SSSR count). The zero-order valence-corrected chi connectivity index (χ0v) is 9.42. The van der Waals surface area contributed by atoms with Crippen molar-refractivity contribution in [2.45, 2.75) is 36.6 Å². The van der Waals surface area contributed by atoms with Crippen molar-refractivity contribution < 1.29 is 0 Å². The van der Waals surface area contributed by atoms with Gasteiger partial charge in [0.2, 0.25) is 0 Å². The zero-order chi connectivity index (χ0) is 9.81. The lowest BCUT2D eigenvalue weighted by atomic mass is 9.93. The Hall–Kier alpha value is -0.480. The molecular formula is C10H12BrN3. The molecule has 2 aliphatic carbocycles. The number of nitrogens with zero attached hydrogens (tertiary/aromatic N) is 2. The van der Waals surface area contributed by atoms with E-state index < -0.39 is 0 Å². The first-order chi connectivity index (χ1) is 6.66. The quantitative estimate of drug-likeness (QED) is 0.874. The molecule has 0 saturated heterocycles. The van der Waals surface area contributed by atoms with Gasteiger partial charge in [-0.15, -0.1) is 0 Å². The largest absolute Gasteiger partial charge is 0.324 e. The third kappa shape index (κ3) is 1.07. The Bertz CT molecular complexity index is 365. The van der Waals surface area contributed by atoms with Crippen LogP contribution < -0.4 is 5.73 Å². The minimum atomic E-state index is 0.0147. The Morgan fingerprint density at radius 1 is 1.14 bits per heavy atom. The second-order valence-electron chi connectivity index (χ2n) is 4.46. The summed E-state index contributed by atoms with van der Waals surface area (Å²) in [5.41, 5.74) is 6.40. The zero-order valence-electron chi connectivity index (χ0n) is 7.83. The van der Waals surface area contributed by atoms with Crippen LogP contribution in [0.5, 0.6) is 0 Å². The summed E-state index contributed by atoms with van der Waals surface area (Å²) in [4.78, 5) is 8.76. The molecule has 0 atom stereocenters. The van der Waals surface area contributed by atoms with Crippen LogP contribution in [-0.4, -0.2) is 15.5 Å². The number of nitrogens with two attached hydrogens (primary N) is 1. The molecule has 0 radical (unpaired) electrons. The molecule has 0 unspecified atom stereocenters. The molecule has 1 heterocycles. The van der Waals surface area contributed by atoms with Gasteiger partial charge in [0.1, 0.15) is 5.82 Å². The van der Waals surface area contributed by atoms with E-state index in [0.717, 1.165) is 36.0 Å². The van der Waals surface area contributed by atoms with Gasteiger partial charge in [-0.05, 0) is 41.6 Å². The second-order valence-corrected chi connectivity index (χ2v) is 5.38. The number of rotatable bonds is 2. The van der Waals surface area contributed by atoms with Crippen LogP contribution in [0.1, 0.15) is 31.5 Å². The van der Waals surface area contributed by atoms with Gasteiger partial charge >= 0.3 is 0 Å². The molecule has 0 aromatic carbocycles. The van der Waals surface area contributed by atoms with E-state index in [1.165, 1.54) is 0 Å². The summed E-state index contributed by atoms with van der Waals surface area (Å²) < 4.78 is 0.930. The molecule has 4 heteroatoms. The van der Waals surface area contributed by atoms with Crippen LogP contribution in [0.15, 0.2) is 16.9 Å². The molecule has 0 amide bonds. The summed E-state index contributed by atoms with van der Waals surface area (Å²) in [6.45, 7) is 0. The SMILES string of the molecule is NC1(C2(c3ncc(Br)cn3)CC2)CC1. The molecule has 1 aromatic heterocycles. The van der Waals surface area contributed by atoms with E-state index in [0.29, 0.717) is 0 Å². The molecule has 3 nitrogen and oxygen atoms in total. The first-order valence-corrected chi connectivity index (χ1v) is 5.73. The van der Waals surface area contributed by atoms with Crippen molar-refractivity contribution in [3.8, 4) is 0 Å². The Morgan fingerprint density at radius 3 is 2.14 bits per heavy atom. The Labute approximate surface area is 91.3 Å². The van der Waals surface area contributed by atoms with Crippen LogP contribution in [0, 0.1) is 0 Å². The maximum absolute atomic E-state index is 6.27. The molecule has 0 aliphatic heterocycles. The van der Waals surface area contributed by atoms with Gasteiger partial charge < -0.3 is 5.73 Å². The Kier molecular flexibility index (Phi) is 1.60. The van der Waals surface area contributed by atoms with Crippen LogP contribution in [-0.2, 0) is 5.41 Å². The molecule has 1 aromatic rings. The van der Waals surface area contributed by atoms with E-state index in [9.17, 15) is 0 Å². The molecule has 74 valence electrons. The molecule has 14 heavy (non-hydrogen) atoms. The van der Waals surface area contributed by atoms with Gasteiger partial charge in [0.15, 0.2) is 0 Å². The maximum Gasteiger partial charge on any atom is 0.136 e. The number of aromatic nitrogens is 2. The van der Waals surface area contributed by atoms with Crippen molar-refractivity contribution in [3.05, 3.63) is 22.7 Å². The standard InChI is InChI=1S/C10H12BrN3/c11-7-5-13-8(14-6-7)9(1-2-9)10(12)3-4-10/h5-6H,1-4,12H2. The van der Waals surface area contributed by atoms with Crippen molar-refractivity contribution in [2.24, 2.45) is 5.73 Å². The summed E-state index contributed by atoms with van der Waals surface area (Å²) in [5.74, 6) is 0.945. The monoisotopic (exact) mass is 253 g/mol. The molecular weight excluding hydrogens is 242 g/mol. The molecule has 0 spiro atoms. The topological polar surface area (TPSA) is 51.8 Å². The lowest BCUT2D eigenvalue weighted by Gasteiger charge is -2.20. The fraction of sp³-hybridized carbons (Fsp3) is 0.600. The van der Waals surface area contributed by atoms with Crippen molar-refractivity contribution in [1.29, 1.82) is 0 Å². The van der Waals surface area contributed by atoms with Gasteiger partial charge in [0, 0.05) is 23.3 Å². The van der Waals surface area contributed by atoms with E-state index in [1.54, 1.807) is 0 Å². The minimum absolute atomic E-state index is 0.0147. The smallest absolute Gasteiger partial charge is 0.136 e. The lowest BCUT2D eigenvalue weighted by Crippen LogP contribution is -2.38. The summed E-state index contributed by atoms with van der Waals surface area (Å²) >= 11 is 3.34. The predicted octanol–water partition coefficient (Wildman–Crippen LogP) is 1.76. The summed E-state index contributed by atoms with van der Waals surface area (Å²) in [6.07, 6.45) is 8.21. The van der Waals surface area contributed by atoms with E-state index in [4.69, 9.17) is 5.73 Å². The van der Waals surface area contributed by atoms with Crippen LogP contribution in [0.3, 0.4) is 0 Å². The van der Waals surface area contributed by atoms with Crippen LogP contribution >= 0.6 is 15.9 Å². The Morgan fingerprint density at radius 2 is 1.71 bits per heavy atom. The molecule has 2 fully saturated rings. The van der Waals surface area contributed by atoms with Gasteiger partial charge in [-0.25, -0.2) is 9.97 Å². The van der Waals surface area contributed by atoms with Gasteiger partial charge in [-0.2, -0.15) is 0 Å². The average molecular weight is 254 g/mol. The highest BCUT2D eigenvalue weighted by atomic mass is 79.9. The van der Waals surface area contributed by atoms with Crippen LogP contribution in [0.4, 0.5) is 0 Å². The lowest BCUT2D eigenvalue weighted by molar-refractivity contribution is 0.477. The van der Waals surface area contributed by atoms with Gasteiger partial charge in [0.25, 0.3) is 0 Å². The molecule has 2 saturated carbocycles. The first kappa shape index (κ1) is 8.80. The van der Waals surface area contributed by atoms with Crippen molar-refractivity contribution >= 4 is 15.9 Å². The third-order valence-electron chi connectivity index (χ3n) is 3.54. The van der Waals surface area contributed by atoms with Gasteiger partial charge in [-0.3, -0.25) is 0 Å². The summed E-state index contributed by atoms with van der Waals surface area (Å²) in [5, 5.41) is 0. The minimum Gasteiger partial charge on any atom is -0.324 e. The Balaban J connectivity index is 1.99. The fourth-order valence-corrected chi connectivity index (χ4v) is 2.45. The van der Waals surface area contributed by atoms with Gasteiger partial charge in [0.05, 0.1) is 4.47 Å². The van der Waals surface area contributed by atoms with Crippen molar-refractivity contribution in [1.82, 2.24) is 9.97 Å². The highest BCUT2D eigenvalue weighted by Crippen LogP contribution is 2.62. The number of hydrogen-bond donors (Lipinski definition) is 1. The maximum atomic E-state index is 6.27.